The quantitative estimate of drug-likeness (QED) is 0.308. The van der Waals surface area contributed by atoms with Gasteiger partial charge in [-0.25, -0.2) is 0 Å². The van der Waals surface area contributed by atoms with Crippen LogP contribution < -0.4 is 16.0 Å². The van der Waals surface area contributed by atoms with Crippen molar-refractivity contribution in [2.24, 2.45) is 10.7 Å². The number of para-hydroxylation sites is 1. The van der Waals surface area contributed by atoms with Gasteiger partial charge in [0.15, 0.2) is 5.96 Å². The van der Waals surface area contributed by atoms with Gasteiger partial charge in [-0.3, -0.25) is 4.99 Å². The lowest BCUT2D eigenvalue weighted by molar-refractivity contribution is 0.795. The van der Waals surface area contributed by atoms with Gasteiger partial charge in [0, 0.05) is 31.5 Å². The van der Waals surface area contributed by atoms with Crippen LogP contribution >= 0.6 is 24.0 Å². The molecule has 0 fully saturated rings. The number of guanidine groups is 1. The van der Waals surface area contributed by atoms with Crippen LogP contribution in [-0.4, -0.2) is 26.1 Å². The van der Waals surface area contributed by atoms with Gasteiger partial charge in [-0.05, 0) is 55.7 Å². The molecule has 0 aromatic heterocycles. The van der Waals surface area contributed by atoms with Crippen LogP contribution in [0.3, 0.4) is 0 Å². The van der Waals surface area contributed by atoms with Crippen LogP contribution in [0.2, 0.25) is 0 Å². The highest BCUT2D eigenvalue weighted by Gasteiger charge is 2.00. The zero-order valence-corrected chi connectivity index (χ0v) is 17.0. The topological polar surface area (TPSA) is 53.6 Å². The summed E-state index contributed by atoms with van der Waals surface area (Å²) < 4.78 is 0. The summed E-state index contributed by atoms with van der Waals surface area (Å²) in [6.07, 6.45) is 0.959. The molecule has 5 heteroatoms. The fraction of sp³-hybridized carbons (Fsp3) is 0.316. The number of aliphatic imine (C=N–C) groups is 1. The molecule has 24 heavy (non-hydrogen) atoms. The Labute approximate surface area is 162 Å². The van der Waals surface area contributed by atoms with Gasteiger partial charge in [0.05, 0.1) is 0 Å². The minimum Gasteiger partial charge on any atom is -0.375 e. The molecular formula is C19H27IN4. The Morgan fingerprint density at radius 2 is 1.79 bits per heavy atom. The predicted octanol–water partition coefficient (Wildman–Crippen LogP) is 4.17. The monoisotopic (exact) mass is 438 g/mol. The van der Waals surface area contributed by atoms with Gasteiger partial charge in [-0.15, -0.1) is 24.0 Å². The molecule has 0 aliphatic heterocycles. The maximum atomic E-state index is 5.95. The Morgan fingerprint density at radius 3 is 2.46 bits per heavy atom. The van der Waals surface area contributed by atoms with Crippen molar-refractivity contribution in [3.63, 3.8) is 0 Å². The van der Waals surface area contributed by atoms with Crippen LogP contribution in [0.1, 0.15) is 17.5 Å². The summed E-state index contributed by atoms with van der Waals surface area (Å²) in [5, 5.41) is 3.14. The highest BCUT2D eigenvalue weighted by molar-refractivity contribution is 14.0. The fourth-order valence-electron chi connectivity index (χ4n) is 2.33. The number of benzene rings is 2. The number of anilines is 2. The summed E-state index contributed by atoms with van der Waals surface area (Å²) in [6, 6.07) is 16.5. The number of hydrogen-bond acceptors (Lipinski definition) is 2. The van der Waals surface area contributed by atoms with E-state index in [1.807, 2.05) is 12.1 Å². The first kappa shape index (κ1) is 20.3. The van der Waals surface area contributed by atoms with E-state index in [1.54, 1.807) is 0 Å². The number of rotatable bonds is 6. The molecule has 0 saturated carbocycles. The predicted molar refractivity (Wildman–Crippen MR) is 116 cm³/mol. The molecule has 0 aliphatic carbocycles. The molecule has 2 aromatic rings. The van der Waals surface area contributed by atoms with Crippen LogP contribution in [0.15, 0.2) is 53.5 Å². The lowest BCUT2D eigenvalue weighted by Crippen LogP contribution is -2.24. The Balaban J connectivity index is 0.00000288. The number of aryl methyl sites for hydroxylation is 2. The normalized spacial score (nSPS) is 10.9. The number of hydrogen-bond donors (Lipinski definition) is 2. The van der Waals surface area contributed by atoms with Crippen LogP contribution in [-0.2, 0) is 0 Å². The number of nitrogens with two attached hydrogens (primary N) is 1. The summed E-state index contributed by atoms with van der Waals surface area (Å²) >= 11 is 0. The molecule has 0 aliphatic rings. The second-order valence-corrected chi connectivity index (χ2v) is 5.80. The molecule has 130 valence electrons. The maximum Gasteiger partial charge on any atom is 0.193 e. The van der Waals surface area contributed by atoms with Crippen molar-refractivity contribution < 1.29 is 0 Å². The number of nitrogens with one attached hydrogen (secondary N) is 1. The molecule has 0 saturated heterocycles. The molecule has 0 atom stereocenters. The van der Waals surface area contributed by atoms with Crippen LogP contribution in [0.25, 0.3) is 0 Å². The third kappa shape index (κ3) is 6.39. The number of halogens is 1. The smallest absolute Gasteiger partial charge is 0.193 e. The largest absolute Gasteiger partial charge is 0.375 e. The molecule has 0 amide bonds. The van der Waals surface area contributed by atoms with E-state index in [4.69, 9.17) is 5.73 Å². The summed E-state index contributed by atoms with van der Waals surface area (Å²) in [5.74, 6) is 0.468. The highest BCUT2D eigenvalue weighted by atomic mass is 127. The fourth-order valence-corrected chi connectivity index (χ4v) is 2.33. The molecule has 2 aromatic carbocycles. The third-order valence-corrected chi connectivity index (χ3v) is 3.91. The summed E-state index contributed by atoms with van der Waals surface area (Å²) in [4.78, 5) is 6.62. The van der Waals surface area contributed by atoms with Gasteiger partial charge in [-0.2, -0.15) is 0 Å². The molecule has 0 spiro atoms. The lowest BCUT2D eigenvalue weighted by Gasteiger charge is -2.18. The van der Waals surface area contributed by atoms with E-state index in [9.17, 15) is 0 Å². The Hall–Kier alpha value is -1.76. The van der Waals surface area contributed by atoms with Crippen LogP contribution in [0, 0.1) is 13.8 Å². The van der Waals surface area contributed by atoms with E-state index >= 15 is 0 Å². The van der Waals surface area contributed by atoms with Crippen molar-refractivity contribution in [1.29, 1.82) is 0 Å². The summed E-state index contributed by atoms with van der Waals surface area (Å²) in [6.45, 7) is 5.85. The van der Waals surface area contributed by atoms with E-state index < -0.39 is 0 Å². The van der Waals surface area contributed by atoms with E-state index in [0.29, 0.717) is 12.5 Å². The zero-order valence-electron chi connectivity index (χ0n) is 14.6. The van der Waals surface area contributed by atoms with Crippen LogP contribution in [0.5, 0.6) is 0 Å². The molecule has 3 N–H and O–H groups in total. The molecule has 0 unspecified atom stereocenters. The van der Waals surface area contributed by atoms with Crippen molar-refractivity contribution in [3.8, 4) is 0 Å². The Kier molecular flexibility index (Phi) is 8.60. The summed E-state index contributed by atoms with van der Waals surface area (Å²) in [7, 11) is 2.09. The Bertz CT molecular complexity index is 656. The van der Waals surface area contributed by atoms with E-state index in [-0.39, 0.29) is 24.0 Å². The summed E-state index contributed by atoms with van der Waals surface area (Å²) in [5.41, 5.74) is 10.7. The van der Waals surface area contributed by atoms with Crippen molar-refractivity contribution in [2.75, 3.05) is 30.4 Å². The molecule has 0 bridgehead atoms. The zero-order chi connectivity index (χ0) is 16.7. The lowest BCUT2D eigenvalue weighted by atomic mass is 10.1. The molecule has 4 nitrogen and oxygen atoms in total. The second kappa shape index (κ2) is 10.2. The SMILES string of the molecule is Cc1ccc(NC(N)=NCCCN(C)c2ccccc2)cc1C.I. The molecule has 0 radical (unpaired) electrons. The minimum atomic E-state index is 0. The van der Waals surface area contributed by atoms with E-state index in [1.165, 1.54) is 16.8 Å². The van der Waals surface area contributed by atoms with E-state index in [0.717, 1.165) is 18.7 Å². The van der Waals surface area contributed by atoms with Crippen molar-refractivity contribution in [3.05, 3.63) is 59.7 Å². The molecule has 0 heterocycles. The van der Waals surface area contributed by atoms with Gasteiger partial charge in [0.25, 0.3) is 0 Å². The van der Waals surface area contributed by atoms with Crippen molar-refractivity contribution in [2.45, 2.75) is 20.3 Å². The van der Waals surface area contributed by atoms with Gasteiger partial charge in [0.2, 0.25) is 0 Å². The molecular weight excluding hydrogens is 411 g/mol. The van der Waals surface area contributed by atoms with Crippen molar-refractivity contribution >= 4 is 41.3 Å². The highest BCUT2D eigenvalue weighted by Crippen LogP contribution is 2.14. The van der Waals surface area contributed by atoms with Gasteiger partial charge >= 0.3 is 0 Å². The van der Waals surface area contributed by atoms with Gasteiger partial charge < -0.3 is 16.0 Å². The average Bonchev–Trinajstić information content (AvgIpc) is 2.55. The Morgan fingerprint density at radius 1 is 1.08 bits per heavy atom. The van der Waals surface area contributed by atoms with Gasteiger partial charge in [0.1, 0.15) is 0 Å². The minimum absolute atomic E-state index is 0. The van der Waals surface area contributed by atoms with Crippen molar-refractivity contribution in [1.82, 2.24) is 0 Å². The molecule has 2 rings (SSSR count). The standard InChI is InChI=1S/C19H26N4.HI/c1-15-10-11-17(14-16(15)2)22-19(20)21-12-7-13-23(3)18-8-5-4-6-9-18;/h4-6,8-11,14H,7,12-13H2,1-3H3,(H3,20,21,22);1H. The first-order chi connectivity index (χ1) is 11.1. The number of nitrogens with zero attached hydrogens (tertiary/aromatic N) is 2. The average molecular weight is 438 g/mol. The first-order valence-corrected chi connectivity index (χ1v) is 7.96. The third-order valence-electron chi connectivity index (χ3n) is 3.91. The first-order valence-electron chi connectivity index (χ1n) is 7.96. The second-order valence-electron chi connectivity index (χ2n) is 5.80. The van der Waals surface area contributed by atoms with E-state index in [2.05, 4.69) is 72.5 Å². The maximum absolute atomic E-state index is 5.95. The van der Waals surface area contributed by atoms with Gasteiger partial charge in [-0.1, -0.05) is 24.3 Å². The van der Waals surface area contributed by atoms with Crippen LogP contribution in [0.4, 0.5) is 11.4 Å².